The fourth-order valence-corrected chi connectivity index (χ4v) is 25.7. The van der Waals surface area contributed by atoms with E-state index in [1.54, 1.807) is 10.4 Å². The lowest BCUT2D eigenvalue weighted by molar-refractivity contribution is 0.670. The van der Waals surface area contributed by atoms with E-state index in [1.165, 1.54) is 210 Å². The minimum absolute atomic E-state index is 0.923. The molecule has 15 heteroatoms. The van der Waals surface area contributed by atoms with Gasteiger partial charge in [0.25, 0.3) is 0 Å². The molecule has 10 aromatic heterocycles. The Morgan fingerprint density at radius 3 is 1.19 bits per heavy atom. The van der Waals surface area contributed by atoms with Crippen LogP contribution in [-0.2, 0) is 12.8 Å². The molecule has 11 heterocycles. The first-order chi connectivity index (χ1) is 36.0. The molecule has 0 spiro atoms. The van der Waals surface area contributed by atoms with Gasteiger partial charge in [-0.2, -0.15) is 17.5 Å². The predicted molar refractivity (Wildman–Crippen MR) is 328 cm³/mol. The Labute approximate surface area is 464 Å². The number of rotatable bonds is 26. The van der Waals surface area contributed by atoms with Crippen LogP contribution in [0, 0.1) is 0 Å². The predicted octanol–water partition coefficient (Wildman–Crippen LogP) is 19.8. The zero-order valence-electron chi connectivity index (χ0n) is 42.5. The molecular formula is C58H64N6S8Si. The summed E-state index contributed by atoms with van der Waals surface area (Å²) in [5.74, 6) is 0. The molecule has 6 nitrogen and oxygen atoms in total. The van der Waals surface area contributed by atoms with Crippen LogP contribution in [0.4, 0.5) is 0 Å². The molecule has 378 valence electrons. The van der Waals surface area contributed by atoms with Crippen LogP contribution in [0.3, 0.4) is 0 Å². The number of aryl methyl sites for hydroxylation is 2. The topological polar surface area (TPSA) is 77.3 Å². The second-order valence-corrected chi connectivity index (χ2v) is 31.8. The highest BCUT2D eigenvalue weighted by atomic mass is 32.1. The van der Waals surface area contributed by atoms with E-state index >= 15 is 0 Å². The summed E-state index contributed by atoms with van der Waals surface area (Å²) in [6.45, 7) is 9.23. The van der Waals surface area contributed by atoms with Crippen molar-refractivity contribution in [1.29, 1.82) is 0 Å². The maximum atomic E-state index is 5.32. The molecule has 0 radical (unpaired) electrons. The highest BCUT2D eigenvalue weighted by molar-refractivity contribution is 7.32. The zero-order chi connectivity index (χ0) is 49.7. The van der Waals surface area contributed by atoms with Gasteiger partial charge in [-0.25, -0.2) is 0 Å². The number of aromatic nitrogens is 6. The molecule has 0 fully saturated rings. The molecule has 0 N–H and O–H groups in total. The first kappa shape index (κ1) is 51.5. The van der Waals surface area contributed by atoms with Crippen molar-refractivity contribution >= 4 is 132 Å². The van der Waals surface area contributed by atoms with Crippen LogP contribution in [0.25, 0.3) is 93.4 Å². The summed E-state index contributed by atoms with van der Waals surface area (Å²) in [5.41, 5.74) is 7.87. The Morgan fingerprint density at radius 1 is 0.370 bits per heavy atom. The Bertz CT molecular complexity index is 3200. The van der Waals surface area contributed by atoms with Gasteiger partial charge in [-0.15, -0.1) is 68.0 Å². The number of thiophene rings is 6. The Morgan fingerprint density at radius 2 is 0.753 bits per heavy atom. The second-order valence-electron chi connectivity index (χ2n) is 19.9. The molecule has 1 aliphatic heterocycles. The zero-order valence-corrected chi connectivity index (χ0v) is 50.1. The van der Waals surface area contributed by atoms with Crippen molar-refractivity contribution in [2.45, 2.75) is 155 Å². The Hall–Kier alpha value is -3.64. The number of nitrogens with zero attached hydrogens (tertiary/aromatic N) is 6. The minimum atomic E-state index is -2.20. The van der Waals surface area contributed by atoms with Crippen LogP contribution < -0.4 is 10.4 Å². The van der Waals surface area contributed by atoms with Gasteiger partial charge in [-0.05, 0) is 109 Å². The Kier molecular flexibility index (Phi) is 16.7. The lowest BCUT2D eigenvalue weighted by Crippen LogP contribution is -2.54. The number of hydrogen-bond donors (Lipinski definition) is 0. The first-order valence-electron chi connectivity index (χ1n) is 26.9. The third kappa shape index (κ3) is 10.6. The van der Waals surface area contributed by atoms with Gasteiger partial charge in [0.2, 0.25) is 0 Å². The van der Waals surface area contributed by atoms with Crippen molar-refractivity contribution in [2.24, 2.45) is 0 Å². The SMILES string of the molecule is CCCCCCc1ccc(-c2ccc(-c3cnc(-c4cc5c(s4)-c4sc(-c6ncc(-c7ccc(-c8ccc(CCCCCC)s8)s7)c7nsnc67)cc4[Si]5(CCCCCC)CCCCCC)c4nsnc34)s2)s1. The number of unbranched alkanes of at least 4 members (excludes halogenated alkanes) is 12. The van der Waals surface area contributed by atoms with Crippen molar-refractivity contribution in [2.75, 3.05) is 0 Å². The monoisotopic (exact) mass is 1130 g/mol. The number of hydrogen-bond acceptors (Lipinski definition) is 14. The van der Waals surface area contributed by atoms with Crippen molar-refractivity contribution in [3.05, 3.63) is 82.8 Å². The van der Waals surface area contributed by atoms with Crippen molar-refractivity contribution < 1.29 is 0 Å². The molecule has 73 heavy (non-hydrogen) atoms. The first-order valence-corrected chi connectivity index (χ1v) is 35.7. The van der Waals surface area contributed by atoms with Crippen LogP contribution in [0.15, 0.2) is 73.1 Å². The highest BCUT2D eigenvalue weighted by Gasteiger charge is 2.48. The normalized spacial score (nSPS) is 13.0. The van der Waals surface area contributed by atoms with Crippen LogP contribution in [0.1, 0.15) is 140 Å². The maximum absolute atomic E-state index is 5.32. The molecule has 0 aliphatic carbocycles. The standard InChI is InChI=1S/C58H64N6S8Si/c1-5-9-13-17-21-37-23-25-43(65-37)45-29-27-41(67-45)39-35-59-53(55-51(39)61-71-63-55)47-33-49-57(69-47)58-50(73(49,31-19-15-11-7-3)32-20-16-12-8-4)34-48(70-58)54-56-52(62-72-64-56)40(36-60-54)42-28-30-46(68-42)44-26-24-38(66-44)22-18-14-10-6-2/h23-30,33-36H,5-22,31-32H2,1-4H3. The van der Waals surface area contributed by atoms with E-state index in [-0.39, 0.29) is 0 Å². The van der Waals surface area contributed by atoms with Crippen LogP contribution >= 0.6 is 91.5 Å². The molecule has 0 saturated heterocycles. The molecule has 1 aliphatic rings. The summed E-state index contributed by atoms with van der Waals surface area (Å²) in [4.78, 5) is 26.7. The minimum Gasteiger partial charge on any atom is -0.252 e. The van der Waals surface area contributed by atoms with Crippen LogP contribution in [0.2, 0.25) is 12.1 Å². The molecule has 0 bridgehead atoms. The van der Waals surface area contributed by atoms with E-state index in [1.807, 2.05) is 68.0 Å². The van der Waals surface area contributed by atoms with Crippen molar-refractivity contribution in [3.8, 4) is 71.3 Å². The summed E-state index contributed by atoms with van der Waals surface area (Å²) in [5, 5.41) is 3.26. The van der Waals surface area contributed by atoms with E-state index in [9.17, 15) is 0 Å². The number of fused-ring (bicyclic) bond motifs is 5. The quantitative estimate of drug-likeness (QED) is 0.0397. The van der Waals surface area contributed by atoms with E-state index in [0.717, 1.165) is 44.6 Å². The lowest BCUT2D eigenvalue weighted by atomic mass is 10.1. The molecule has 0 unspecified atom stereocenters. The van der Waals surface area contributed by atoms with Gasteiger partial charge in [0.15, 0.2) is 0 Å². The highest BCUT2D eigenvalue weighted by Crippen LogP contribution is 2.50. The summed E-state index contributed by atoms with van der Waals surface area (Å²) in [6.07, 6.45) is 27.1. The second kappa shape index (κ2) is 23.7. The van der Waals surface area contributed by atoms with Gasteiger partial charge in [-0.1, -0.05) is 118 Å². The summed E-state index contributed by atoms with van der Waals surface area (Å²) < 4.78 is 19.9. The van der Waals surface area contributed by atoms with Crippen molar-refractivity contribution in [3.63, 3.8) is 0 Å². The molecule has 0 aromatic carbocycles. The van der Waals surface area contributed by atoms with E-state index in [0.29, 0.717) is 0 Å². The molecular weight excluding hydrogens is 1070 g/mol. The van der Waals surface area contributed by atoms with Crippen LogP contribution in [-0.4, -0.2) is 35.5 Å². The van der Waals surface area contributed by atoms with Gasteiger partial charge in [0.1, 0.15) is 41.5 Å². The third-order valence-electron chi connectivity index (χ3n) is 14.8. The fourth-order valence-electron chi connectivity index (χ4n) is 10.8. The maximum Gasteiger partial charge on any atom is 0.132 e. The summed E-state index contributed by atoms with van der Waals surface area (Å²) >= 11 is 14.1. The summed E-state index contributed by atoms with van der Waals surface area (Å²) in [6, 6.07) is 26.1. The van der Waals surface area contributed by atoms with Gasteiger partial charge >= 0.3 is 0 Å². The van der Waals surface area contributed by atoms with E-state index in [2.05, 4.69) is 101 Å². The van der Waals surface area contributed by atoms with Gasteiger partial charge < -0.3 is 0 Å². The van der Waals surface area contributed by atoms with Crippen LogP contribution in [0.5, 0.6) is 0 Å². The average molecular weight is 1130 g/mol. The molecule has 0 saturated carbocycles. The fraction of sp³-hybridized carbons (Fsp3) is 0.414. The van der Waals surface area contributed by atoms with E-state index in [4.69, 9.17) is 27.5 Å². The van der Waals surface area contributed by atoms with Crippen molar-refractivity contribution in [1.82, 2.24) is 27.5 Å². The molecule has 0 atom stereocenters. The summed E-state index contributed by atoms with van der Waals surface area (Å²) in [7, 11) is -2.20. The molecule has 11 rings (SSSR count). The van der Waals surface area contributed by atoms with E-state index < -0.39 is 8.07 Å². The molecule has 0 amide bonds. The largest absolute Gasteiger partial charge is 0.252 e. The number of pyridine rings is 2. The Balaban J connectivity index is 0.928. The van der Waals surface area contributed by atoms with Gasteiger partial charge in [-0.3, -0.25) is 9.97 Å². The van der Waals surface area contributed by atoms with Gasteiger partial charge in [0.05, 0.1) is 33.2 Å². The van der Waals surface area contributed by atoms with Gasteiger partial charge in [0, 0.05) is 72.3 Å². The third-order valence-corrected chi connectivity index (χ3v) is 28.8. The molecule has 10 aromatic rings. The smallest absolute Gasteiger partial charge is 0.132 e. The average Bonchev–Trinajstić information content (AvgIpc) is 4.26. The lowest BCUT2D eigenvalue weighted by Gasteiger charge is -2.29.